The Hall–Kier alpha value is 0.350. The Morgan fingerprint density at radius 3 is 2.20 bits per heavy atom. The van der Waals surface area contributed by atoms with Crippen molar-refractivity contribution in [3.05, 3.63) is 0 Å². The van der Waals surface area contributed by atoms with Crippen LogP contribution in [0.25, 0.3) is 0 Å². The zero-order valence-corrected chi connectivity index (χ0v) is 8.50. The van der Waals surface area contributed by atoms with E-state index in [1.54, 1.807) is 0 Å². The third kappa shape index (κ3) is 6.47. The summed E-state index contributed by atoms with van der Waals surface area (Å²) in [6, 6.07) is 0. The predicted octanol–water partition coefficient (Wildman–Crippen LogP) is 3.56. The molecule has 0 amide bonds. The van der Waals surface area contributed by atoms with Crippen molar-refractivity contribution in [3.63, 3.8) is 0 Å². The number of hydrogen-bond donors (Lipinski definition) is 0. The lowest BCUT2D eigenvalue weighted by Gasteiger charge is -2.08. The zero-order chi connectivity index (χ0) is 7.98. The average Bonchev–Trinajstić information content (AvgIpc) is 1.87. The lowest BCUT2D eigenvalue weighted by atomic mass is 10.1. The van der Waals surface area contributed by atoms with Gasteiger partial charge in [0.25, 0.3) is 0 Å². The Morgan fingerprint density at radius 1 is 1.20 bits per heavy atom. The van der Waals surface area contributed by atoms with Gasteiger partial charge in [-0.1, -0.05) is 34.1 Å². The molecule has 0 bridgehead atoms. The lowest BCUT2D eigenvalue weighted by molar-refractivity contribution is 0.548. The molecule has 0 saturated heterocycles. The van der Waals surface area contributed by atoms with Crippen molar-refractivity contribution in [2.45, 2.75) is 45.8 Å². The molecule has 1 unspecified atom stereocenters. The monoisotopic (exact) mass is 160 g/mol. The Morgan fingerprint density at radius 2 is 1.80 bits per heavy atom. The molecular weight excluding hydrogens is 140 g/mol. The van der Waals surface area contributed by atoms with Crippen molar-refractivity contribution in [1.82, 2.24) is 0 Å². The van der Waals surface area contributed by atoms with E-state index < -0.39 is 0 Å². The molecule has 0 radical (unpaired) electrons. The molecule has 62 valence electrons. The van der Waals surface area contributed by atoms with E-state index in [9.17, 15) is 0 Å². The van der Waals surface area contributed by atoms with Gasteiger partial charge in [0.15, 0.2) is 0 Å². The summed E-state index contributed by atoms with van der Waals surface area (Å²) in [5.41, 5.74) is 0. The molecule has 0 saturated carbocycles. The van der Waals surface area contributed by atoms with Crippen LogP contribution in [0.5, 0.6) is 0 Å². The first-order chi connectivity index (χ1) is 4.66. The summed E-state index contributed by atoms with van der Waals surface area (Å²) in [6.07, 6.45) is 2.72. The highest BCUT2D eigenvalue weighted by Crippen LogP contribution is 2.15. The molecule has 0 fully saturated rings. The minimum Gasteiger partial charge on any atom is -0.159 e. The molecule has 0 aromatic rings. The van der Waals surface area contributed by atoms with Crippen LogP contribution in [-0.4, -0.2) is 11.0 Å². The van der Waals surface area contributed by atoms with Gasteiger partial charge in [0.1, 0.15) is 0 Å². The first-order valence-electron chi connectivity index (χ1n) is 4.28. The molecule has 0 aromatic heterocycles. The second-order valence-corrected chi connectivity index (χ2v) is 4.91. The van der Waals surface area contributed by atoms with E-state index in [-0.39, 0.29) is 0 Å². The highest BCUT2D eigenvalue weighted by Gasteiger charge is 1.99. The summed E-state index contributed by atoms with van der Waals surface area (Å²) < 4.78 is 0. The number of hydrogen-bond acceptors (Lipinski definition) is 1. The molecule has 1 atom stereocenters. The van der Waals surface area contributed by atoms with Gasteiger partial charge in [0.05, 0.1) is 0 Å². The zero-order valence-electron chi connectivity index (χ0n) is 7.68. The molecule has 0 aliphatic carbocycles. The van der Waals surface area contributed by atoms with Crippen LogP contribution in [0.2, 0.25) is 0 Å². The Bertz CT molecular complexity index is 69.1. The van der Waals surface area contributed by atoms with Crippen LogP contribution in [0.15, 0.2) is 0 Å². The maximum Gasteiger partial charge on any atom is -0.000968 e. The summed E-state index contributed by atoms with van der Waals surface area (Å²) in [7, 11) is 0. The fourth-order valence-corrected chi connectivity index (χ4v) is 1.72. The van der Waals surface area contributed by atoms with Crippen molar-refractivity contribution in [1.29, 1.82) is 0 Å². The van der Waals surface area contributed by atoms with E-state index in [1.807, 2.05) is 0 Å². The van der Waals surface area contributed by atoms with Gasteiger partial charge in [-0.15, -0.1) is 0 Å². The SMILES string of the molecule is CCC(C)CCSC(C)C. The fourth-order valence-electron chi connectivity index (χ4n) is 0.709. The molecular formula is C9H20S. The van der Waals surface area contributed by atoms with E-state index in [2.05, 4.69) is 39.5 Å². The molecule has 1 heteroatoms. The lowest BCUT2D eigenvalue weighted by Crippen LogP contribution is -1.96. The van der Waals surface area contributed by atoms with Crippen LogP contribution in [0.3, 0.4) is 0 Å². The molecule has 0 aliphatic rings. The third-order valence-corrected chi connectivity index (χ3v) is 2.90. The van der Waals surface area contributed by atoms with Gasteiger partial charge >= 0.3 is 0 Å². The van der Waals surface area contributed by atoms with Crippen LogP contribution >= 0.6 is 11.8 Å². The summed E-state index contributed by atoms with van der Waals surface area (Å²) in [5, 5.41) is 0.809. The quantitative estimate of drug-likeness (QED) is 0.592. The van der Waals surface area contributed by atoms with Crippen LogP contribution in [0.1, 0.15) is 40.5 Å². The molecule has 0 spiro atoms. The summed E-state index contributed by atoms with van der Waals surface area (Å²) >= 11 is 2.07. The van der Waals surface area contributed by atoms with E-state index in [0.29, 0.717) is 0 Å². The number of rotatable bonds is 5. The van der Waals surface area contributed by atoms with Crippen molar-refractivity contribution in [2.24, 2.45) is 5.92 Å². The van der Waals surface area contributed by atoms with Crippen LogP contribution in [0, 0.1) is 5.92 Å². The van der Waals surface area contributed by atoms with E-state index in [0.717, 1.165) is 11.2 Å². The first-order valence-corrected chi connectivity index (χ1v) is 5.33. The van der Waals surface area contributed by atoms with Crippen LogP contribution < -0.4 is 0 Å². The van der Waals surface area contributed by atoms with Gasteiger partial charge < -0.3 is 0 Å². The summed E-state index contributed by atoms with van der Waals surface area (Å²) in [4.78, 5) is 0. The highest BCUT2D eigenvalue weighted by atomic mass is 32.2. The number of thioether (sulfide) groups is 1. The molecule has 0 N–H and O–H groups in total. The van der Waals surface area contributed by atoms with Crippen molar-refractivity contribution >= 4 is 11.8 Å². The second kappa shape index (κ2) is 6.09. The smallest absolute Gasteiger partial charge is 0.000968 e. The second-order valence-electron chi connectivity index (χ2n) is 3.22. The van der Waals surface area contributed by atoms with Gasteiger partial charge in [-0.05, 0) is 23.3 Å². The van der Waals surface area contributed by atoms with Crippen LogP contribution in [-0.2, 0) is 0 Å². The van der Waals surface area contributed by atoms with E-state index >= 15 is 0 Å². The largest absolute Gasteiger partial charge is 0.159 e. The van der Waals surface area contributed by atoms with Gasteiger partial charge in [0.2, 0.25) is 0 Å². The molecule has 10 heavy (non-hydrogen) atoms. The molecule has 0 aliphatic heterocycles. The first kappa shape index (κ1) is 10.3. The van der Waals surface area contributed by atoms with Crippen molar-refractivity contribution in [3.8, 4) is 0 Å². The van der Waals surface area contributed by atoms with Crippen molar-refractivity contribution < 1.29 is 0 Å². The Balaban J connectivity index is 3.03. The molecule has 0 heterocycles. The topological polar surface area (TPSA) is 0 Å². The molecule has 0 aromatic carbocycles. The van der Waals surface area contributed by atoms with Gasteiger partial charge in [-0.2, -0.15) is 11.8 Å². The standard InChI is InChI=1S/C9H20S/c1-5-9(4)6-7-10-8(2)3/h8-9H,5-7H2,1-4H3. The molecule has 0 nitrogen and oxygen atoms in total. The fraction of sp³-hybridized carbons (Fsp3) is 1.00. The normalized spacial score (nSPS) is 14.1. The van der Waals surface area contributed by atoms with Gasteiger partial charge in [-0.25, -0.2) is 0 Å². The maximum absolute atomic E-state index is 2.33. The highest BCUT2D eigenvalue weighted by molar-refractivity contribution is 7.99. The van der Waals surface area contributed by atoms with E-state index in [4.69, 9.17) is 0 Å². The average molecular weight is 160 g/mol. The third-order valence-electron chi connectivity index (χ3n) is 1.76. The minimum atomic E-state index is 0.809. The molecule has 0 rings (SSSR count). The van der Waals surface area contributed by atoms with Gasteiger partial charge in [-0.3, -0.25) is 0 Å². The maximum atomic E-state index is 2.33. The summed E-state index contributed by atoms with van der Waals surface area (Å²) in [5.74, 6) is 2.26. The Labute approximate surface area is 69.8 Å². The predicted molar refractivity (Wildman–Crippen MR) is 51.7 cm³/mol. The Kier molecular flexibility index (Phi) is 6.30. The van der Waals surface area contributed by atoms with Crippen LogP contribution in [0.4, 0.5) is 0 Å². The van der Waals surface area contributed by atoms with E-state index in [1.165, 1.54) is 18.6 Å². The van der Waals surface area contributed by atoms with Crippen molar-refractivity contribution in [2.75, 3.05) is 5.75 Å². The van der Waals surface area contributed by atoms with Gasteiger partial charge in [0, 0.05) is 0 Å². The summed E-state index contributed by atoms with van der Waals surface area (Å²) in [6.45, 7) is 9.13. The minimum absolute atomic E-state index is 0.809.